The van der Waals surface area contributed by atoms with E-state index >= 15 is 0 Å². The van der Waals surface area contributed by atoms with Crippen LogP contribution in [0.5, 0.6) is 5.75 Å². The van der Waals surface area contributed by atoms with Crippen LogP contribution in [0.15, 0.2) is 18.2 Å². The number of benzene rings is 1. The van der Waals surface area contributed by atoms with Gasteiger partial charge in [-0.1, -0.05) is 0 Å². The highest BCUT2D eigenvalue weighted by atomic mass is 16.7. The molecule has 0 saturated carbocycles. The Kier molecular flexibility index (Phi) is 2.99. The summed E-state index contributed by atoms with van der Waals surface area (Å²) in [6, 6.07) is 4.53. The molecule has 1 aliphatic heterocycles. The highest BCUT2D eigenvalue weighted by molar-refractivity contribution is 6.63. The molecule has 96 valence electrons. The molecule has 1 aromatic rings. The molecule has 0 aliphatic carbocycles. The molecule has 1 aliphatic rings. The van der Waals surface area contributed by atoms with Crippen LogP contribution in [0.4, 0.5) is 0 Å². The predicted molar refractivity (Wildman–Crippen MR) is 69.2 cm³/mol. The van der Waals surface area contributed by atoms with Gasteiger partial charge in [-0.05, 0) is 51.4 Å². The van der Waals surface area contributed by atoms with Crippen LogP contribution in [-0.4, -0.2) is 29.7 Å². The van der Waals surface area contributed by atoms with Crippen molar-refractivity contribution >= 4 is 18.9 Å². The van der Waals surface area contributed by atoms with Gasteiger partial charge in [-0.2, -0.15) is 0 Å². The monoisotopic (exact) mass is 248 g/mol. The van der Waals surface area contributed by atoms with Crippen molar-refractivity contribution in [1.29, 1.82) is 0 Å². The molecule has 0 radical (unpaired) electrons. The average molecular weight is 248 g/mol. The lowest BCUT2D eigenvalue weighted by Crippen LogP contribution is -2.41. The van der Waals surface area contributed by atoms with Crippen molar-refractivity contribution < 1.29 is 19.2 Å². The number of aldehydes is 1. The summed E-state index contributed by atoms with van der Waals surface area (Å²) < 4.78 is 11.7. The van der Waals surface area contributed by atoms with Gasteiger partial charge in [0.1, 0.15) is 12.0 Å². The number of aromatic hydroxyl groups is 1. The molecule has 2 rings (SSSR count). The topological polar surface area (TPSA) is 55.8 Å². The summed E-state index contributed by atoms with van der Waals surface area (Å²) in [7, 11) is -0.637. The summed E-state index contributed by atoms with van der Waals surface area (Å²) in [6.07, 6.45) is 0.736. The van der Waals surface area contributed by atoms with Crippen LogP contribution in [0.1, 0.15) is 38.1 Å². The first-order chi connectivity index (χ1) is 8.27. The van der Waals surface area contributed by atoms with E-state index in [9.17, 15) is 9.90 Å². The smallest absolute Gasteiger partial charge is 0.495 e. The van der Waals surface area contributed by atoms with E-state index in [2.05, 4.69) is 0 Å². The molecule has 0 bridgehead atoms. The summed E-state index contributed by atoms with van der Waals surface area (Å²) in [5, 5.41) is 9.53. The molecule has 4 nitrogen and oxygen atoms in total. The minimum atomic E-state index is -0.637. The molecule has 0 unspecified atom stereocenters. The fraction of sp³-hybridized carbons (Fsp3) is 0.462. The van der Waals surface area contributed by atoms with Crippen molar-refractivity contribution in [3.8, 4) is 5.75 Å². The predicted octanol–water partition coefficient (Wildman–Crippen LogP) is 1.50. The molecule has 5 heteroatoms. The van der Waals surface area contributed by atoms with Crippen molar-refractivity contribution in [3.05, 3.63) is 23.8 Å². The number of rotatable bonds is 2. The van der Waals surface area contributed by atoms with Crippen LogP contribution >= 0.6 is 0 Å². The van der Waals surface area contributed by atoms with Crippen molar-refractivity contribution in [2.45, 2.75) is 38.9 Å². The van der Waals surface area contributed by atoms with E-state index in [1.807, 2.05) is 27.7 Å². The second kappa shape index (κ2) is 4.11. The summed E-state index contributed by atoms with van der Waals surface area (Å²) in [6.45, 7) is 7.76. The average Bonchev–Trinajstić information content (AvgIpc) is 2.48. The van der Waals surface area contributed by atoms with E-state index in [0.29, 0.717) is 11.0 Å². The number of hydrogen-bond acceptors (Lipinski definition) is 4. The molecule has 1 heterocycles. The van der Waals surface area contributed by atoms with Gasteiger partial charge in [-0.25, -0.2) is 0 Å². The molecular weight excluding hydrogens is 231 g/mol. The first-order valence-corrected chi connectivity index (χ1v) is 5.90. The Morgan fingerprint density at radius 3 is 2.22 bits per heavy atom. The molecule has 1 saturated heterocycles. The Morgan fingerprint density at radius 2 is 1.72 bits per heavy atom. The lowest BCUT2D eigenvalue weighted by molar-refractivity contribution is 0.00578. The molecule has 1 aromatic carbocycles. The third kappa shape index (κ3) is 2.04. The Bertz CT molecular complexity index is 466. The van der Waals surface area contributed by atoms with Gasteiger partial charge in [-0.15, -0.1) is 0 Å². The number of hydrogen-bond donors (Lipinski definition) is 1. The van der Waals surface area contributed by atoms with Crippen LogP contribution in [0.2, 0.25) is 0 Å². The van der Waals surface area contributed by atoms with Gasteiger partial charge in [0.05, 0.1) is 11.2 Å². The quantitative estimate of drug-likeness (QED) is 0.636. The van der Waals surface area contributed by atoms with E-state index in [0.717, 1.165) is 6.29 Å². The highest BCUT2D eigenvalue weighted by Gasteiger charge is 2.52. The summed E-state index contributed by atoms with van der Waals surface area (Å²) in [5.74, 6) is 0.0883. The SMILES string of the molecule is CC1(C)OB(c2cc(O)ccc2C=O)OC1(C)C. The first kappa shape index (κ1) is 13.1. The van der Waals surface area contributed by atoms with Gasteiger partial charge in [0, 0.05) is 5.56 Å². The standard InChI is InChI=1S/C13H17BO4/c1-12(2)13(3,4)18-14(17-12)11-7-10(16)6-5-9(11)8-15/h5-8,16H,1-4H3. The molecule has 0 amide bonds. The van der Waals surface area contributed by atoms with Crippen LogP contribution < -0.4 is 5.46 Å². The number of carbonyl (C=O) groups is 1. The lowest BCUT2D eigenvalue weighted by Gasteiger charge is -2.32. The largest absolute Gasteiger partial charge is 0.508 e. The van der Waals surface area contributed by atoms with Gasteiger partial charge in [0.2, 0.25) is 0 Å². The highest BCUT2D eigenvalue weighted by Crippen LogP contribution is 2.36. The van der Waals surface area contributed by atoms with Gasteiger partial charge in [-0.3, -0.25) is 4.79 Å². The Balaban J connectivity index is 2.40. The summed E-state index contributed by atoms with van der Waals surface area (Å²) in [5.41, 5.74) is 0.0852. The van der Waals surface area contributed by atoms with E-state index in [-0.39, 0.29) is 5.75 Å². The maximum absolute atomic E-state index is 11.0. The summed E-state index contributed by atoms with van der Waals surface area (Å²) >= 11 is 0. The number of phenols is 1. The first-order valence-electron chi connectivity index (χ1n) is 5.90. The minimum absolute atomic E-state index is 0.0883. The van der Waals surface area contributed by atoms with E-state index in [1.54, 1.807) is 6.07 Å². The fourth-order valence-electron chi connectivity index (χ4n) is 1.84. The zero-order valence-corrected chi connectivity index (χ0v) is 11.1. The molecular formula is C13H17BO4. The van der Waals surface area contributed by atoms with Gasteiger partial charge >= 0.3 is 7.12 Å². The normalized spacial score (nSPS) is 21.0. The second-order valence-corrected chi connectivity index (χ2v) is 5.52. The third-order valence-corrected chi connectivity index (χ3v) is 3.70. The maximum Gasteiger partial charge on any atom is 0.495 e. The number of phenolic OH excluding ortho intramolecular Hbond substituents is 1. The fourth-order valence-corrected chi connectivity index (χ4v) is 1.84. The van der Waals surface area contributed by atoms with Crippen LogP contribution in [-0.2, 0) is 9.31 Å². The molecule has 1 fully saturated rings. The van der Waals surface area contributed by atoms with Crippen molar-refractivity contribution in [1.82, 2.24) is 0 Å². The van der Waals surface area contributed by atoms with E-state index in [1.165, 1.54) is 12.1 Å². The van der Waals surface area contributed by atoms with Gasteiger partial charge in [0.15, 0.2) is 0 Å². The Morgan fingerprint density at radius 1 is 1.17 bits per heavy atom. The minimum Gasteiger partial charge on any atom is -0.508 e. The maximum atomic E-state index is 11.0. The zero-order valence-electron chi connectivity index (χ0n) is 11.1. The Hall–Kier alpha value is -1.33. The second-order valence-electron chi connectivity index (χ2n) is 5.52. The molecule has 0 aromatic heterocycles. The van der Waals surface area contributed by atoms with Gasteiger partial charge in [0.25, 0.3) is 0 Å². The molecule has 0 atom stereocenters. The number of carbonyl (C=O) groups excluding carboxylic acids is 1. The van der Waals surface area contributed by atoms with Gasteiger partial charge < -0.3 is 14.4 Å². The van der Waals surface area contributed by atoms with Crippen molar-refractivity contribution in [2.75, 3.05) is 0 Å². The van der Waals surface area contributed by atoms with E-state index < -0.39 is 18.3 Å². The van der Waals surface area contributed by atoms with Crippen LogP contribution in [0.25, 0.3) is 0 Å². The molecule has 18 heavy (non-hydrogen) atoms. The lowest BCUT2D eigenvalue weighted by atomic mass is 9.76. The van der Waals surface area contributed by atoms with Crippen molar-refractivity contribution in [3.63, 3.8) is 0 Å². The van der Waals surface area contributed by atoms with Crippen LogP contribution in [0.3, 0.4) is 0 Å². The Labute approximate surface area is 107 Å². The van der Waals surface area contributed by atoms with Crippen molar-refractivity contribution in [2.24, 2.45) is 0 Å². The zero-order chi connectivity index (χ0) is 13.6. The molecule has 0 spiro atoms. The molecule has 1 N–H and O–H groups in total. The third-order valence-electron chi connectivity index (χ3n) is 3.70. The van der Waals surface area contributed by atoms with E-state index in [4.69, 9.17) is 9.31 Å². The van der Waals surface area contributed by atoms with Crippen LogP contribution in [0, 0.1) is 0 Å². The summed E-state index contributed by atoms with van der Waals surface area (Å²) in [4.78, 5) is 11.0.